The second kappa shape index (κ2) is 8.26. The van der Waals surface area contributed by atoms with Gasteiger partial charge in [-0.3, -0.25) is 0 Å². The number of nitrogens with one attached hydrogen (secondary N) is 1. The van der Waals surface area contributed by atoms with Crippen LogP contribution in [-0.2, 0) is 17.7 Å². The molecule has 0 heterocycles. The van der Waals surface area contributed by atoms with Crippen LogP contribution in [0.5, 0.6) is 0 Å². The highest BCUT2D eigenvalue weighted by atomic mass is 16.5. The zero-order chi connectivity index (χ0) is 12.5. The monoisotopic (exact) mass is 235 g/mol. The molecule has 0 amide bonds. The number of hydrogen-bond acceptors (Lipinski definition) is 2. The first-order valence-corrected chi connectivity index (χ1v) is 6.60. The van der Waals surface area contributed by atoms with Crippen LogP contribution in [0.25, 0.3) is 0 Å². The number of ether oxygens (including phenoxy) is 1. The quantitative estimate of drug-likeness (QED) is 0.747. The van der Waals surface area contributed by atoms with Crippen molar-refractivity contribution in [1.82, 2.24) is 5.32 Å². The van der Waals surface area contributed by atoms with E-state index in [2.05, 4.69) is 43.4 Å². The zero-order valence-electron chi connectivity index (χ0n) is 11.3. The summed E-state index contributed by atoms with van der Waals surface area (Å²) < 4.78 is 5.22. The van der Waals surface area contributed by atoms with Crippen molar-refractivity contribution in [2.24, 2.45) is 0 Å². The van der Waals surface area contributed by atoms with E-state index >= 15 is 0 Å². The van der Waals surface area contributed by atoms with Gasteiger partial charge in [0.2, 0.25) is 0 Å². The molecule has 1 rings (SSSR count). The lowest BCUT2D eigenvalue weighted by Crippen LogP contribution is -2.32. The molecule has 1 aromatic rings. The number of aryl methyl sites for hydroxylation is 1. The summed E-state index contributed by atoms with van der Waals surface area (Å²) in [6.45, 7) is 6.11. The van der Waals surface area contributed by atoms with Gasteiger partial charge in [0, 0.05) is 19.7 Å². The SMILES string of the molecule is CCCC(COC)NCc1ccc(CC)cc1. The molecular weight excluding hydrogens is 210 g/mol. The molecule has 0 spiro atoms. The van der Waals surface area contributed by atoms with Gasteiger partial charge in [-0.05, 0) is 24.0 Å². The van der Waals surface area contributed by atoms with Crippen molar-refractivity contribution in [3.8, 4) is 0 Å². The molecule has 0 saturated heterocycles. The van der Waals surface area contributed by atoms with Crippen molar-refractivity contribution in [3.05, 3.63) is 35.4 Å². The lowest BCUT2D eigenvalue weighted by Gasteiger charge is -2.17. The van der Waals surface area contributed by atoms with Crippen LogP contribution in [-0.4, -0.2) is 19.8 Å². The second-order valence-electron chi connectivity index (χ2n) is 4.49. The third-order valence-electron chi connectivity index (χ3n) is 3.03. The fraction of sp³-hybridized carbons (Fsp3) is 0.600. The van der Waals surface area contributed by atoms with E-state index in [1.54, 1.807) is 7.11 Å². The first kappa shape index (κ1) is 14.2. The van der Waals surface area contributed by atoms with E-state index < -0.39 is 0 Å². The van der Waals surface area contributed by atoms with Gasteiger partial charge in [0.1, 0.15) is 0 Å². The Bertz CT molecular complexity index is 288. The van der Waals surface area contributed by atoms with Crippen LogP contribution in [0, 0.1) is 0 Å². The predicted molar refractivity (Wildman–Crippen MR) is 73.2 cm³/mol. The third kappa shape index (κ3) is 5.33. The van der Waals surface area contributed by atoms with Gasteiger partial charge >= 0.3 is 0 Å². The Morgan fingerprint density at radius 3 is 2.29 bits per heavy atom. The van der Waals surface area contributed by atoms with Gasteiger partial charge in [-0.25, -0.2) is 0 Å². The Labute approximate surface area is 105 Å². The molecule has 96 valence electrons. The number of hydrogen-bond donors (Lipinski definition) is 1. The number of rotatable bonds is 8. The number of methoxy groups -OCH3 is 1. The van der Waals surface area contributed by atoms with Gasteiger partial charge in [-0.2, -0.15) is 0 Å². The van der Waals surface area contributed by atoms with E-state index in [4.69, 9.17) is 4.74 Å². The summed E-state index contributed by atoms with van der Waals surface area (Å²) in [7, 11) is 1.76. The maximum absolute atomic E-state index is 5.22. The first-order valence-electron chi connectivity index (χ1n) is 6.60. The smallest absolute Gasteiger partial charge is 0.0615 e. The van der Waals surface area contributed by atoms with Crippen molar-refractivity contribution in [1.29, 1.82) is 0 Å². The van der Waals surface area contributed by atoms with Gasteiger partial charge in [-0.15, -0.1) is 0 Å². The minimum absolute atomic E-state index is 0.468. The summed E-state index contributed by atoms with van der Waals surface area (Å²) >= 11 is 0. The second-order valence-corrected chi connectivity index (χ2v) is 4.49. The summed E-state index contributed by atoms with van der Waals surface area (Å²) in [4.78, 5) is 0. The highest BCUT2D eigenvalue weighted by molar-refractivity contribution is 5.22. The summed E-state index contributed by atoms with van der Waals surface area (Å²) in [6, 6.07) is 9.31. The van der Waals surface area contributed by atoms with Crippen LogP contribution < -0.4 is 5.32 Å². The Kier molecular flexibility index (Phi) is 6.90. The third-order valence-corrected chi connectivity index (χ3v) is 3.03. The molecule has 0 radical (unpaired) electrons. The van der Waals surface area contributed by atoms with Crippen LogP contribution in [0.2, 0.25) is 0 Å². The van der Waals surface area contributed by atoms with E-state index in [9.17, 15) is 0 Å². The van der Waals surface area contributed by atoms with Gasteiger partial charge in [0.05, 0.1) is 6.61 Å². The van der Waals surface area contributed by atoms with Crippen LogP contribution in [0.15, 0.2) is 24.3 Å². The maximum atomic E-state index is 5.22. The molecule has 0 saturated carbocycles. The molecule has 17 heavy (non-hydrogen) atoms. The van der Waals surface area contributed by atoms with E-state index in [0.717, 1.165) is 19.6 Å². The molecule has 2 nitrogen and oxygen atoms in total. The van der Waals surface area contributed by atoms with Gasteiger partial charge in [0.25, 0.3) is 0 Å². The normalized spacial score (nSPS) is 12.6. The summed E-state index contributed by atoms with van der Waals surface area (Å²) in [5.74, 6) is 0. The molecule has 0 aliphatic heterocycles. The van der Waals surface area contributed by atoms with Gasteiger partial charge < -0.3 is 10.1 Å². The van der Waals surface area contributed by atoms with E-state index in [0.29, 0.717) is 6.04 Å². The molecule has 1 unspecified atom stereocenters. The largest absolute Gasteiger partial charge is 0.383 e. The first-order chi connectivity index (χ1) is 8.30. The fourth-order valence-electron chi connectivity index (χ4n) is 1.95. The molecule has 1 N–H and O–H groups in total. The maximum Gasteiger partial charge on any atom is 0.0615 e. The average Bonchev–Trinajstić information content (AvgIpc) is 2.37. The minimum atomic E-state index is 0.468. The fourth-order valence-corrected chi connectivity index (χ4v) is 1.95. The summed E-state index contributed by atoms with van der Waals surface area (Å²) in [5, 5.41) is 3.55. The highest BCUT2D eigenvalue weighted by Gasteiger charge is 2.06. The zero-order valence-corrected chi connectivity index (χ0v) is 11.3. The van der Waals surface area contributed by atoms with Crippen LogP contribution >= 0.6 is 0 Å². The Morgan fingerprint density at radius 2 is 1.76 bits per heavy atom. The molecule has 0 bridgehead atoms. The number of benzene rings is 1. The van der Waals surface area contributed by atoms with E-state index in [1.807, 2.05) is 0 Å². The topological polar surface area (TPSA) is 21.3 Å². The average molecular weight is 235 g/mol. The Hall–Kier alpha value is -0.860. The van der Waals surface area contributed by atoms with Crippen LogP contribution in [0.3, 0.4) is 0 Å². The van der Waals surface area contributed by atoms with Crippen LogP contribution in [0.4, 0.5) is 0 Å². The van der Waals surface area contributed by atoms with Crippen molar-refractivity contribution >= 4 is 0 Å². The molecule has 0 aromatic heterocycles. The lowest BCUT2D eigenvalue weighted by atomic mass is 10.1. The minimum Gasteiger partial charge on any atom is -0.383 e. The molecule has 2 heteroatoms. The predicted octanol–water partition coefficient (Wildman–Crippen LogP) is 3.15. The molecule has 0 aliphatic carbocycles. The lowest BCUT2D eigenvalue weighted by molar-refractivity contribution is 0.161. The van der Waals surface area contributed by atoms with Gasteiger partial charge in [0.15, 0.2) is 0 Å². The van der Waals surface area contributed by atoms with E-state index in [-0.39, 0.29) is 0 Å². The van der Waals surface area contributed by atoms with Crippen molar-refractivity contribution in [2.45, 2.75) is 45.7 Å². The molecule has 0 fully saturated rings. The van der Waals surface area contributed by atoms with Crippen molar-refractivity contribution in [2.75, 3.05) is 13.7 Å². The van der Waals surface area contributed by atoms with E-state index in [1.165, 1.54) is 24.0 Å². The Morgan fingerprint density at radius 1 is 1.12 bits per heavy atom. The molecular formula is C15H25NO. The molecule has 1 aromatic carbocycles. The van der Waals surface area contributed by atoms with Crippen LogP contribution in [0.1, 0.15) is 37.8 Å². The van der Waals surface area contributed by atoms with Gasteiger partial charge in [-0.1, -0.05) is 44.5 Å². The summed E-state index contributed by atoms with van der Waals surface area (Å²) in [6.07, 6.45) is 3.46. The molecule has 0 aliphatic rings. The Balaban J connectivity index is 2.41. The molecule has 1 atom stereocenters. The standard InChI is InChI=1S/C15H25NO/c1-4-6-15(12-17-3)16-11-14-9-7-13(5-2)8-10-14/h7-10,15-16H,4-6,11-12H2,1-3H3. The van der Waals surface area contributed by atoms with Crippen molar-refractivity contribution in [3.63, 3.8) is 0 Å². The van der Waals surface area contributed by atoms with Crippen molar-refractivity contribution < 1.29 is 4.74 Å². The summed E-state index contributed by atoms with van der Waals surface area (Å²) in [5.41, 5.74) is 2.75. The highest BCUT2D eigenvalue weighted by Crippen LogP contribution is 2.06.